The lowest BCUT2D eigenvalue weighted by Crippen LogP contribution is -2.46. The van der Waals surface area contributed by atoms with Crippen LogP contribution in [0.2, 0.25) is 6.04 Å². The lowest BCUT2D eigenvalue weighted by molar-refractivity contribution is 0.00466. The third kappa shape index (κ3) is 8.69. The van der Waals surface area contributed by atoms with Gasteiger partial charge in [0.1, 0.15) is 6.10 Å². The van der Waals surface area contributed by atoms with Gasteiger partial charge in [0.15, 0.2) is 0 Å². The SMILES string of the molecule is CCO[Si](CCCOCC(O)CO)(OCC)OCC. The van der Waals surface area contributed by atoms with Gasteiger partial charge in [0.25, 0.3) is 0 Å². The molecule has 0 aliphatic rings. The Morgan fingerprint density at radius 3 is 1.95 bits per heavy atom. The summed E-state index contributed by atoms with van der Waals surface area (Å²) in [5, 5.41) is 17.8. The van der Waals surface area contributed by atoms with Gasteiger partial charge >= 0.3 is 8.80 Å². The summed E-state index contributed by atoms with van der Waals surface area (Å²) in [6, 6.07) is 0.692. The van der Waals surface area contributed by atoms with Crippen molar-refractivity contribution >= 4 is 8.80 Å². The molecule has 1 atom stereocenters. The van der Waals surface area contributed by atoms with Crippen molar-refractivity contribution < 1.29 is 28.2 Å². The molecule has 0 amide bonds. The molecule has 0 aromatic carbocycles. The van der Waals surface area contributed by atoms with Gasteiger partial charge in [0.05, 0.1) is 13.2 Å². The Labute approximate surface area is 117 Å². The van der Waals surface area contributed by atoms with E-state index < -0.39 is 14.9 Å². The Hall–Kier alpha value is -0.0231. The van der Waals surface area contributed by atoms with Crippen LogP contribution in [0.5, 0.6) is 0 Å². The Morgan fingerprint density at radius 2 is 1.53 bits per heavy atom. The van der Waals surface area contributed by atoms with E-state index in [1.54, 1.807) is 0 Å². The molecule has 0 spiro atoms. The third-order valence-electron chi connectivity index (χ3n) is 2.39. The molecule has 0 saturated carbocycles. The number of rotatable bonds is 13. The summed E-state index contributed by atoms with van der Waals surface area (Å²) in [4.78, 5) is 0. The van der Waals surface area contributed by atoms with Crippen molar-refractivity contribution in [2.45, 2.75) is 39.3 Å². The van der Waals surface area contributed by atoms with Crippen molar-refractivity contribution in [3.63, 3.8) is 0 Å². The van der Waals surface area contributed by atoms with Crippen LogP contribution in [0, 0.1) is 0 Å². The Kier molecular flexibility index (Phi) is 11.8. The summed E-state index contributed by atoms with van der Waals surface area (Å²) < 4.78 is 22.4. The molecule has 0 aliphatic carbocycles. The second kappa shape index (κ2) is 11.8. The summed E-state index contributed by atoms with van der Waals surface area (Å²) in [5.41, 5.74) is 0. The van der Waals surface area contributed by atoms with E-state index in [0.29, 0.717) is 32.5 Å². The zero-order valence-corrected chi connectivity index (χ0v) is 13.3. The molecule has 19 heavy (non-hydrogen) atoms. The van der Waals surface area contributed by atoms with Gasteiger partial charge < -0.3 is 28.2 Å². The van der Waals surface area contributed by atoms with E-state index in [4.69, 9.17) is 28.2 Å². The van der Waals surface area contributed by atoms with Crippen LogP contribution < -0.4 is 0 Å². The van der Waals surface area contributed by atoms with Gasteiger partial charge in [0.2, 0.25) is 0 Å². The first-order valence-corrected chi connectivity index (χ1v) is 8.85. The highest BCUT2D eigenvalue weighted by atomic mass is 28.4. The van der Waals surface area contributed by atoms with E-state index >= 15 is 0 Å². The molecule has 0 aliphatic heterocycles. The molecular formula is C12H28O6Si. The zero-order chi connectivity index (χ0) is 14.6. The van der Waals surface area contributed by atoms with Gasteiger partial charge in [-0.05, 0) is 27.2 Å². The molecule has 7 heteroatoms. The van der Waals surface area contributed by atoms with Crippen LogP contribution in [-0.2, 0) is 18.0 Å². The van der Waals surface area contributed by atoms with Crippen molar-refractivity contribution in [3.05, 3.63) is 0 Å². The van der Waals surface area contributed by atoms with E-state index in [-0.39, 0.29) is 13.2 Å². The second-order valence-electron chi connectivity index (χ2n) is 4.00. The average Bonchev–Trinajstić information content (AvgIpc) is 2.39. The van der Waals surface area contributed by atoms with Crippen molar-refractivity contribution in [3.8, 4) is 0 Å². The van der Waals surface area contributed by atoms with Crippen molar-refractivity contribution in [1.82, 2.24) is 0 Å². The highest BCUT2D eigenvalue weighted by Gasteiger charge is 2.39. The second-order valence-corrected chi connectivity index (χ2v) is 6.73. The summed E-state index contributed by atoms with van der Waals surface area (Å²) in [5.74, 6) is 0. The van der Waals surface area contributed by atoms with Crippen LogP contribution >= 0.6 is 0 Å². The van der Waals surface area contributed by atoms with Crippen LogP contribution in [0.3, 0.4) is 0 Å². The summed E-state index contributed by atoms with van der Waals surface area (Å²) in [6.45, 7) is 7.82. The minimum atomic E-state index is -2.57. The molecule has 0 aromatic heterocycles. The summed E-state index contributed by atoms with van der Waals surface area (Å²) in [7, 11) is -2.57. The molecule has 1 unspecified atom stereocenters. The van der Waals surface area contributed by atoms with E-state index in [2.05, 4.69) is 0 Å². The van der Waals surface area contributed by atoms with Crippen molar-refractivity contribution in [1.29, 1.82) is 0 Å². The fourth-order valence-electron chi connectivity index (χ4n) is 1.66. The largest absolute Gasteiger partial charge is 0.501 e. The van der Waals surface area contributed by atoms with E-state index in [1.807, 2.05) is 20.8 Å². The van der Waals surface area contributed by atoms with Crippen LogP contribution in [0.1, 0.15) is 27.2 Å². The molecule has 0 radical (unpaired) electrons. The van der Waals surface area contributed by atoms with Gasteiger partial charge in [-0.1, -0.05) is 0 Å². The number of hydrogen-bond acceptors (Lipinski definition) is 6. The normalized spacial score (nSPS) is 13.7. The molecule has 0 aromatic rings. The molecule has 0 saturated heterocycles. The zero-order valence-electron chi connectivity index (χ0n) is 12.3. The lowest BCUT2D eigenvalue weighted by Gasteiger charge is -2.28. The molecule has 0 heterocycles. The van der Waals surface area contributed by atoms with Crippen LogP contribution in [0.15, 0.2) is 0 Å². The van der Waals surface area contributed by atoms with Crippen LogP contribution in [-0.4, -0.2) is 64.8 Å². The van der Waals surface area contributed by atoms with Gasteiger partial charge in [-0.2, -0.15) is 0 Å². The standard InChI is InChI=1S/C12H28O6Si/c1-4-16-19(17-5-2,18-6-3)9-7-8-15-11-12(14)10-13/h12-14H,4-11H2,1-3H3. The smallest absolute Gasteiger partial charge is 0.394 e. The van der Waals surface area contributed by atoms with E-state index in [9.17, 15) is 0 Å². The van der Waals surface area contributed by atoms with Gasteiger partial charge in [-0.25, -0.2) is 0 Å². The maximum absolute atomic E-state index is 9.13. The number of ether oxygens (including phenoxy) is 1. The Balaban J connectivity index is 4.03. The maximum Gasteiger partial charge on any atom is 0.501 e. The number of aliphatic hydroxyl groups is 2. The molecule has 0 rings (SSSR count). The maximum atomic E-state index is 9.13. The highest BCUT2D eigenvalue weighted by Crippen LogP contribution is 2.18. The van der Waals surface area contributed by atoms with E-state index in [1.165, 1.54) is 0 Å². The van der Waals surface area contributed by atoms with Gasteiger partial charge in [-0.3, -0.25) is 0 Å². The predicted molar refractivity (Wildman–Crippen MR) is 74.0 cm³/mol. The van der Waals surface area contributed by atoms with Crippen LogP contribution in [0.25, 0.3) is 0 Å². The lowest BCUT2D eigenvalue weighted by atomic mass is 10.4. The average molecular weight is 296 g/mol. The highest BCUT2D eigenvalue weighted by molar-refractivity contribution is 6.60. The summed E-state index contributed by atoms with van der Waals surface area (Å²) in [6.07, 6.45) is -0.0719. The monoisotopic (exact) mass is 296 g/mol. The van der Waals surface area contributed by atoms with Crippen molar-refractivity contribution in [2.75, 3.05) is 39.6 Å². The van der Waals surface area contributed by atoms with Crippen molar-refractivity contribution in [2.24, 2.45) is 0 Å². The first-order valence-electron chi connectivity index (χ1n) is 6.92. The summed E-state index contributed by atoms with van der Waals surface area (Å²) >= 11 is 0. The fourth-order valence-corrected chi connectivity index (χ4v) is 4.24. The molecule has 0 bridgehead atoms. The fraction of sp³-hybridized carbons (Fsp3) is 1.00. The predicted octanol–water partition coefficient (Wildman–Crippen LogP) is 0.795. The minimum Gasteiger partial charge on any atom is -0.394 e. The Morgan fingerprint density at radius 1 is 1.00 bits per heavy atom. The third-order valence-corrected chi connectivity index (χ3v) is 5.54. The van der Waals surface area contributed by atoms with Gasteiger partial charge in [0, 0.05) is 32.5 Å². The van der Waals surface area contributed by atoms with Crippen LogP contribution in [0.4, 0.5) is 0 Å². The Bertz CT molecular complexity index is 188. The first-order chi connectivity index (χ1) is 9.14. The first kappa shape index (κ1) is 19.0. The molecule has 0 fully saturated rings. The quantitative estimate of drug-likeness (QED) is 0.387. The number of aliphatic hydroxyl groups excluding tert-OH is 2. The minimum absolute atomic E-state index is 0.142. The van der Waals surface area contributed by atoms with E-state index in [0.717, 1.165) is 6.42 Å². The van der Waals surface area contributed by atoms with Gasteiger partial charge in [-0.15, -0.1) is 0 Å². The molecular weight excluding hydrogens is 268 g/mol. The topological polar surface area (TPSA) is 77.4 Å². The molecule has 2 N–H and O–H groups in total. The number of hydrogen-bond donors (Lipinski definition) is 2. The molecule has 116 valence electrons. The molecule has 6 nitrogen and oxygen atoms in total.